The molecule has 2 aliphatic carbocycles. The molecule has 14 heteroatoms. The first-order chi connectivity index (χ1) is 22.3. The molecule has 1 saturated carbocycles. The van der Waals surface area contributed by atoms with E-state index < -0.39 is 35.2 Å². The fourth-order valence-corrected chi connectivity index (χ4v) is 7.57. The Bertz CT molecular complexity index is 1430. The summed E-state index contributed by atoms with van der Waals surface area (Å²) in [5, 5.41) is 38.8. The lowest BCUT2D eigenvalue weighted by molar-refractivity contribution is -0.158. The maximum absolute atomic E-state index is 13.4. The van der Waals surface area contributed by atoms with Crippen LogP contribution in [0.15, 0.2) is 24.0 Å². The van der Waals surface area contributed by atoms with Gasteiger partial charge in [-0.3, -0.25) is 19.9 Å². The van der Waals surface area contributed by atoms with Crippen molar-refractivity contribution in [2.45, 2.75) is 88.5 Å². The molecule has 0 unspecified atom stereocenters. The van der Waals surface area contributed by atoms with Crippen LogP contribution in [0, 0.1) is 18.3 Å². The number of piperidine rings is 1. The third-order valence-corrected chi connectivity index (χ3v) is 10.3. The van der Waals surface area contributed by atoms with Gasteiger partial charge in [-0.1, -0.05) is 6.07 Å². The number of benzene rings is 1. The van der Waals surface area contributed by atoms with Crippen molar-refractivity contribution in [3.8, 4) is 11.5 Å². The molecule has 1 saturated heterocycles. The van der Waals surface area contributed by atoms with Gasteiger partial charge in [-0.05, 0) is 76.1 Å². The van der Waals surface area contributed by atoms with Crippen molar-refractivity contribution < 1.29 is 34.1 Å². The van der Waals surface area contributed by atoms with Crippen LogP contribution < -0.4 is 26.4 Å². The molecule has 1 aromatic carbocycles. The molecule has 47 heavy (non-hydrogen) atoms. The number of hydrogen-bond acceptors (Lipinski definition) is 9. The second-order valence-corrected chi connectivity index (χ2v) is 13.5. The van der Waals surface area contributed by atoms with Gasteiger partial charge in [0, 0.05) is 58.2 Å². The number of nitrogens with one attached hydrogen (secondary N) is 4. The highest BCUT2D eigenvalue weighted by Crippen LogP contribution is 2.62. The quantitative estimate of drug-likeness (QED) is 0.0974. The monoisotopic (exact) mass is 655 g/mol. The molecule has 0 aromatic heterocycles. The second-order valence-electron chi connectivity index (χ2n) is 13.5. The number of phenols is 1. The lowest BCUT2D eigenvalue weighted by Gasteiger charge is -2.59. The van der Waals surface area contributed by atoms with Crippen molar-refractivity contribution in [3.05, 3.63) is 35.1 Å². The number of ether oxygens (including phenoxy) is 2. The molecule has 2 heterocycles. The summed E-state index contributed by atoms with van der Waals surface area (Å²) in [7, 11) is 1.56. The van der Waals surface area contributed by atoms with Crippen LogP contribution in [0.4, 0.5) is 4.79 Å². The van der Waals surface area contributed by atoms with Gasteiger partial charge in [0.2, 0.25) is 11.8 Å². The number of aliphatic hydroxyl groups is 1. The molecule has 8 N–H and O–H groups in total. The predicted molar refractivity (Wildman–Crippen MR) is 174 cm³/mol. The summed E-state index contributed by atoms with van der Waals surface area (Å²) >= 11 is 0. The van der Waals surface area contributed by atoms with E-state index in [4.69, 9.17) is 20.6 Å². The van der Waals surface area contributed by atoms with Gasteiger partial charge in [-0.2, -0.15) is 0 Å². The average molecular weight is 656 g/mol. The first-order valence-corrected chi connectivity index (χ1v) is 16.5. The predicted octanol–water partition coefficient (Wildman–Crippen LogP) is 1.17. The Morgan fingerprint density at radius 2 is 2.00 bits per heavy atom. The van der Waals surface area contributed by atoms with Gasteiger partial charge in [0.1, 0.15) is 11.8 Å². The number of nitrogens with zero attached hydrogens (tertiary/aromatic N) is 2. The van der Waals surface area contributed by atoms with Gasteiger partial charge in [-0.15, -0.1) is 0 Å². The van der Waals surface area contributed by atoms with Gasteiger partial charge in [0.05, 0.1) is 11.0 Å². The smallest absolute Gasteiger partial charge is 0.414 e. The van der Waals surface area contributed by atoms with Crippen molar-refractivity contribution in [3.63, 3.8) is 0 Å². The third-order valence-electron chi connectivity index (χ3n) is 10.3. The summed E-state index contributed by atoms with van der Waals surface area (Å²) in [4.78, 5) is 41.5. The fourth-order valence-electron chi connectivity index (χ4n) is 7.57. The van der Waals surface area contributed by atoms with Crippen molar-refractivity contribution in [2.24, 2.45) is 11.7 Å². The molecular weight excluding hydrogens is 606 g/mol. The summed E-state index contributed by atoms with van der Waals surface area (Å²) in [6.45, 7) is 7.64. The van der Waals surface area contributed by atoms with Crippen LogP contribution in [0.5, 0.6) is 11.5 Å². The van der Waals surface area contributed by atoms with Crippen molar-refractivity contribution in [2.75, 3.05) is 39.8 Å². The number of amides is 3. The fraction of sp³-hybridized carbons (Fsp3) is 0.636. The van der Waals surface area contributed by atoms with E-state index in [1.807, 2.05) is 13.0 Å². The Labute approximate surface area is 275 Å². The van der Waals surface area contributed by atoms with Gasteiger partial charge in [0.15, 0.2) is 23.6 Å². The highest BCUT2D eigenvalue weighted by atomic mass is 16.6. The van der Waals surface area contributed by atoms with Gasteiger partial charge < -0.3 is 46.3 Å². The van der Waals surface area contributed by atoms with Crippen molar-refractivity contribution in [1.29, 1.82) is 5.41 Å². The van der Waals surface area contributed by atoms with Crippen LogP contribution in [-0.2, 0) is 19.7 Å². The Kier molecular flexibility index (Phi) is 9.92. The maximum atomic E-state index is 13.4. The van der Waals surface area contributed by atoms with Crippen molar-refractivity contribution in [1.82, 2.24) is 25.8 Å². The molecule has 1 aromatic rings. The highest BCUT2D eigenvalue weighted by Gasteiger charge is 2.69. The number of rotatable bonds is 12. The number of guanidine groups is 1. The average Bonchev–Trinajstić information content (AvgIpc) is 3.76. The standard InChI is InChI=1S/C33H49N7O7/c1-19-7-10-24(42)27-26(19)32-13-16-40(18-22-8-9-22)20(2)33(32,45)12-11-25(28(32)47-27)46-31(44)39(4)17-15-36-29(43)23(38-21(3)41)6-5-14-37-30(34)35/h7,10-11,20,22-23,28,42,45H,5-6,8-9,12-18H2,1-4H3,(H,36,43)(H,38,41)(H4,34,35,37)/t20-,23-,28+,32+,33-/m1/s1. The second kappa shape index (κ2) is 13.6. The Hall–Kier alpha value is -4.04. The summed E-state index contributed by atoms with van der Waals surface area (Å²) in [6, 6.07) is 2.45. The number of aromatic hydroxyl groups is 1. The van der Waals surface area contributed by atoms with E-state index >= 15 is 0 Å². The van der Waals surface area contributed by atoms with E-state index in [9.17, 15) is 24.6 Å². The zero-order valence-corrected chi connectivity index (χ0v) is 27.7. The van der Waals surface area contributed by atoms with Gasteiger partial charge >= 0.3 is 6.09 Å². The van der Waals surface area contributed by atoms with Crippen LogP contribution in [0.25, 0.3) is 0 Å². The minimum atomic E-state index is -1.23. The van der Waals surface area contributed by atoms with E-state index in [1.165, 1.54) is 24.7 Å². The molecular formula is C33H49N7O7. The molecule has 258 valence electrons. The lowest BCUT2D eigenvalue weighted by atomic mass is 9.54. The van der Waals surface area contributed by atoms with Crippen LogP contribution in [0.1, 0.15) is 63.5 Å². The summed E-state index contributed by atoms with van der Waals surface area (Å²) < 4.78 is 12.4. The molecule has 2 aliphatic heterocycles. The molecule has 0 bridgehead atoms. The van der Waals surface area contributed by atoms with Crippen molar-refractivity contribution >= 4 is 23.9 Å². The van der Waals surface area contributed by atoms with Crippen LogP contribution in [0.2, 0.25) is 0 Å². The number of fused-ring (bicyclic) bond motifs is 1. The number of carbonyl (C=O) groups is 3. The number of likely N-dealkylation sites (tertiary alicyclic amines) is 1. The molecule has 5 rings (SSSR count). The molecule has 3 amide bonds. The first kappa shape index (κ1) is 34.3. The molecule has 5 atom stereocenters. The van der Waals surface area contributed by atoms with E-state index in [0.717, 1.165) is 24.2 Å². The Morgan fingerprint density at radius 3 is 2.68 bits per heavy atom. The molecule has 1 spiro atoms. The van der Waals surface area contributed by atoms with Crippen LogP contribution >= 0.6 is 0 Å². The molecule has 2 fully saturated rings. The Balaban J connectivity index is 1.26. The number of likely N-dealkylation sites (N-methyl/N-ethyl adjacent to an activating group) is 1. The SMILES string of the molecule is CC(=O)N[C@H](CCCNC(=N)N)C(=O)NCCN(C)C(=O)OC1=CC[C@@]2(O)[C@@H](C)N(CC3CC3)CC[C@@]23c2c(C)ccc(O)c2O[C@@H]13. The Morgan fingerprint density at radius 1 is 1.26 bits per heavy atom. The molecule has 14 nitrogen and oxygen atoms in total. The number of nitrogens with two attached hydrogens (primary N) is 1. The van der Waals surface area contributed by atoms with Crippen LogP contribution in [0.3, 0.4) is 0 Å². The van der Waals surface area contributed by atoms with Crippen LogP contribution in [-0.4, -0.2) is 107 Å². The highest BCUT2D eigenvalue weighted by molar-refractivity contribution is 5.86. The maximum Gasteiger partial charge on any atom is 0.414 e. The normalized spacial score (nSPS) is 26.8. The van der Waals surface area contributed by atoms with E-state index in [2.05, 4.69) is 27.8 Å². The topological polar surface area (TPSA) is 203 Å². The van der Waals surface area contributed by atoms with Gasteiger partial charge in [-0.25, -0.2) is 4.79 Å². The number of aryl methyl sites for hydroxylation is 1. The van der Waals surface area contributed by atoms with E-state index in [-0.39, 0.29) is 43.2 Å². The first-order valence-electron chi connectivity index (χ1n) is 16.5. The lowest BCUT2D eigenvalue weighted by Crippen LogP contribution is -2.72. The van der Waals surface area contributed by atoms with Gasteiger partial charge in [0.25, 0.3) is 0 Å². The largest absolute Gasteiger partial charge is 0.504 e. The number of carbonyl (C=O) groups excluding carboxylic acids is 3. The third kappa shape index (κ3) is 6.71. The molecule has 4 aliphatic rings. The van der Waals surface area contributed by atoms with E-state index in [1.54, 1.807) is 19.2 Å². The summed E-state index contributed by atoms with van der Waals surface area (Å²) in [6.07, 6.45) is 4.34. The zero-order chi connectivity index (χ0) is 34.1. The number of hydrogen-bond donors (Lipinski definition) is 7. The minimum absolute atomic E-state index is 0.0176. The summed E-state index contributed by atoms with van der Waals surface area (Å²) in [5.41, 5.74) is 4.80. The summed E-state index contributed by atoms with van der Waals surface area (Å²) in [5.74, 6) is 0.341. The minimum Gasteiger partial charge on any atom is -0.504 e. The van der Waals surface area contributed by atoms with E-state index in [0.29, 0.717) is 43.2 Å². The number of phenolic OH excluding ortho intramolecular Hbond substituents is 1. The molecule has 0 radical (unpaired) electrons. The zero-order valence-electron chi connectivity index (χ0n) is 27.7.